The van der Waals surface area contributed by atoms with E-state index in [1.807, 2.05) is 32.1 Å². The monoisotopic (exact) mass is 362 g/mol. The molecule has 0 aliphatic carbocycles. The summed E-state index contributed by atoms with van der Waals surface area (Å²) in [6.07, 6.45) is 8.00. The van der Waals surface area contributed by atoms with Crippen molar-refractivity contribution in [1.82, 2.24) is 4.98 Å². The van der Waals surface area contributed by atoms with Crippen molar-refractivity contribution in [3.63, 3.8) is 0 Å². The smallest absolute Gasteiger partial charge is 0.344 e. The lowest BCUT2D eigenvalue weighted by Crippen LogP contribution is -2.50. The summed E-state index contributed by atoms with van der Waals surface area (Å²) in [4.78, 5) is 7.94. The standard InChI is InChI=1S/C19H30N2O3Si/c1-7-14-22-18(23-15-8-2)19(20-3,24-25(4,5)6)12-11-17-10-9-13-21-16-17/h9-13,16,18H,7-8,14-15H2,1-2,4-6H3/b12-11+. The molecular weight excluding hydrogens is 332 g/mol. The van der Waals surface area contributed by atoms with E-state index in [9.17, 15) is 0 Å². The highest BCUT2D eigenvalue weighted by Crippen LogP contribution is 2.30. The van der Waals surface area contributed by atoms with Crippen molar-refractivity contribution in [3.8, 4) is 0 Å². The summed E-state index contributed by atoms with van der Waals surface area (Å²) < 4.78 is 18.0. The molecule has 0 fully saturated rings. The molecular formula is C19H30N2O3Si. The van der Waals surface area contributed by atoms with Crippen LogP contribution < -0.4 is 0 Å². The van der Waals surface area contributed by atoms with E-state index in [1.54, 1.807) is 18.5 Å². The van der Waals surface area contributed by atoms with E-state index >= 15 is 0 Å². The van der Waals surface area contributed by atoms with E-state index in [4.69, 9.17) is 20.5 Å². The number of ether oxygens (including phenoxy) is 2. The molecule has 0 saturated carbocycles. The lowest BCUT2D eigenvalue weighted by Gasteiger charge is -2.32. The molecule has 0 spiro atoms. The molecule has 1 rings (SSSR count). The van der Waals surface area contributed by atoms with Crippen LogP contribution in [0.4, 0.5) is 0 Å². The van der Waals surface area contributed by atoms with Crippen molar-refractivity contribution in [1.29, 1.82) is 0 Å². The zero-order valence-corrected chi connectivity index (χ0v) is 17.0. The van der Waals surface area contributed by atoms with Crippen LogP contribution in [0.5, 0.6) is 0 Å². The SMILES string of the molecule is [C-]#[N+]C(/C=C/c1cccnc1)(O[Si](C)(C)C)C(OCCC)OCCC. The second kappa shape index (κ2) is 10.5. The van der Waals surface area contributed by atoms with E-state index in [0.29, 0.717) is 13.2 Å². The van der Waals surface area contributed by atoms with Gasteiger partial charge in [0.25, 0.3) is 6.29 Å². The van der Waals surface area contributed by atoms with Gasteiger partial charge in [0.15, 0.2) is 8.32 Å². The van der Waals surface area contributed by atoms with Crippen molar-refractivity contribution in [2.45, 2.75) is 58.3 Å². The summed E-state index contributed by atoms with van der Waals surface area (Å²) in [7, 11) is -2.03. The highest BCUT2D eigenvalue weighted by atomic mass is 28.4. The van der Waals surface area contributed by atoms with Gasteiger partial charge in [-0.1, -0.05) is 19.9 Å². The minimum Gasteiger partial charge on any atom is -0.344 e. The van der Waals surface area contributed by atoms with Gasteiger partial charge >= 0.3 is 5.72 Å². The van der Waals surface area contributed by atoms with Crippen LogP contribution in [0.25, 0.3) is 10.9 Å². The molecule has 138 valence electrons. The lowest BCUT2D eigenvalue weighted by molar-refractivity contribution is -0.202. The first kappa shape index (κ1) is 21.5. The Labute approximate surface area is 153 Å². The Kier molecular flexibility index (Phi) is 9.01. The molecule has 25 heavy (non-hydrogen) atoms. The molecule has 0 radical (unpaired) electrons. The summed E-state index contributed by atoms with van der Waals surface area (Å²) in [6, 6.07) is 3.79. The number of hydrogen-bond donors (Lipinski definition) is 0. The van der Waals surface area contributed by atoms with Crippen LogP contribution in [0.1, 0.15) is 32.3 Å². The minimum absolute atomic E-state index is 0.515. The van der Waals surface area contributed by atoms with Gasteiger partial charge in [0.1, 0.15) is 0 Å². The van der Waals surface area contributed by atoms with Crippen LogP contribution in [0.3, 0.4) is 0 Å². The zero-order chi connectivity index (χ0) is 18.8. The molecule has 0 aliphatic heterocycles. The number of rotatable bonds is 11. The highest BCUT2D eigenvalue weighted by Gasteiger charge is 2.50. The van der Waals surface area contributed by atoms with E-state index in [0.717, 1.165) is 18.4 Å². The van der Waals surface area contributed by atoms with E-state index < -0.39 is 20.3 Å². The van der Waals surface area contributed by atoms with Gasteiger partial charge in [0, 0.05) is 31.7 Å². The molecule has 1 unspecified atom stereocenters. The van der Waals surface area contributed by atoms with Crippen molar-refractivity contribution in [2.24, 2.45) is 0 Å². The van der Waals surface area contributed by atoms with Gasteiger partial charge in [-0.15, -0.1) is 0 Å². The van der Waals surface area contributed by atoms with Crippen LogP contribution in [0, 0.1) is 6.57 Å². The van der Waals surface area contributed by atoms with Gasteiger partial charge < -0.3 is 13.9 Å². The van der Waals surface area contributed by atoms with Crippen molar-refractivity contribution < 1.29 is 13.9 Å². The van der Waals surface area contributed by atoms with Crippen LogP contribution in [0.2, 0.25) is 19.6 Å². The lowest BCUT2D eigenvalue weighted by atomic mass is 10.1. The molecule has 0 aromatic carbocycles. The van der Waals surface area contributed by atoms with E-state index in [-0.39, 0.29) is 0 Å². The topological polar surface area (TPSA) is 44.9 Å². The quantitative estimate of drug-likeness (QED) is 0.324. The molecule has 6 heteroatoms. The molecule has 1 aromatic heterocycles. The highest BCUT2D eigenvalue weighted by molar-refractivity contribution is 6.69. The predicted octanol–water partition coefficient (Wildman–Crippen LogP) is 4.74. The Morgan fingerprint density at radius 2 is 1.88 bits per heavy atom. The summed E-state index contributed by atoms with van der Waals surface area (Å²) >= 11 is 0. The maximum atomic E-state index is 7.85. The predicted molar refractivity (Wildman–Crippen MR) is 103 cm³/mol. The molecule has 0 bridgehead atoms. The maximum absolute atomic E-state index is 7.85. The normalized spacial score (nSPS) is 14.6. The number of nitrogens with zero attached hydrogens (tertiary/aromatic N) is 2. The summed E-state index contributed by atoms with van der Waals surface area (Å²) in [5.74, 6) is 0. The fraction of sp³-hybridized carbons (Fsp3) is 0.579. The number of aromatic nitrogens is 1. The van der Waals surface area contributed by atoms with Gasteiger partial charge in [0.05, 0.1) is 0 Å². The fourth-order valence-corrected chi connectivity index (χ4v) is 3.38. The average Bonchev–Trinajstić information content (AvgIpc) is 2.59. The first-order valence-electron chi connectivity index (χ1n) is 8.78. The fourth-order valence-electron chi connectivity index (χ4n) is 2.19. The van der Waals surface area contributed by atoms with Crippen LogP contribution in [0.15, 0.2) is 30.6 Å². The molecule has 0 aliphatic rings. The Balaban J connectivity index is 3.21. The van der Waals surface area contributed by atoms with Gasteiger partial charge in [-0.3, -0.25) is 9.83 Å². The molecule has 0 saturated heterocycles. The molecule has 1 atom stereocenters. The van der Waals surface area contributed by atoms with Gasteiger partial charge in [0.2, 0.25) is 0 Å². The van der Waals surface area contributed by atoms with Crippen LogP contribution in [-0.2, 0) is 13.9 Å². The van der Waals surface area contributed by atoms with E-state index in [2.05, 4.69) is 29.5 Å². The second-order valence-electron chi connectivity index (χ2n) is 6.77. The van der Waals surface area contributed by atoms with Crippen LogP contribution >= 0.6 is 0 Å². The van der Waals surface area contributed by atoms with Crippen molar-refractivity contribution in [2.75, 3.05) is 13.2 Å². The van der Waals surface area contributed by atoms with Gasteiger partial charge in [-0.2, -0.15) is 0 Å². The largest absolute Gasteiger partial charge is 0.399 e. The summed E-state index contributed by atoms with van der Waals surface area (Å²) in [6.45, 7) is 19.1. The first-order chi connectivity index (χ1) is 11.9. The number of pyridine rings is 1. The molecule has 1 aromatic rings. The molecule has 0 N–H and O–H groups in total. The van der Waals surface area contributed by atoms with Gasteiger partial charge in [-0.25, -0.2) is 6.57 Å². The third-order valence-electron chi connectivity index (χ3n) is 3.13. The second-order valence-corrected chi connectivity index (χ2v) is 11.2. The molecule has 1 heterocycles. The van der Waals surface area contributed by atoms with Crippen molar-refractivity contribution in [3.05, 3.63) is 47.6 Å². The molecule has 5 nitrogen and oxygen atoms in total. The van der Waals surface area contributed by atoms with Gasteiger partial charge in [-0.05, 0) is 50.2 Å². The zero-order valence-electron chi connectivity index (χ0n) is 16.0. The summed E-state index contributed by atoms with van der Waals surface area (Å²) in [5.41, 5.74) is -0.399. The third-order valence-corrected chi connectivity index (χ3v) is 4.07. The Bertz CT molecular complexity index is 558. The molecule has 0 amide bonds. The Hall–Kier alpha value is -1.52. The minimum atomic E-state index is -2.03. The van der Waals surface area contributed by atoms with Crippen LogP contribution in [-0.4, -0.2) is 38.5 Å². The number of hydrogen-bond acceptors (Lipinski definition) is 4. The Morgan fingerprint density at radius 3 is 2.32 bits per heavy atom. The maximum Gasteiger partial charge on any atom is 0.399 e. The Morgan fingerprint density at radius 1 is 1.24 bits per heavy atom. The first-order valence-corrected chi connectivity index (χ1v) is 12.2. The third kappa shape index (κ3) is 7.49. The van der Waals surface area contributed by atoms with E-state index in [1.165, 1.54) is 0 Å². The van der Waals surface area contributed by atoms with Crippen molar-refractivity contribution >= 4 is 14.4 Å². The summed E-state index contributed by atoms with van der Waals surface area (Å²) in [5, 5.41) is 0. The average molecular weight is 363 g/mol.